The fourth-order valence-corrected chi connectivity index (χ4v) is 3.37. The molecular formula is C16H21NO. The number of allylic oxidation sites excluding steroid dienone is 1. The molecule has 1 aromatic carbocycles. The smallest absolute Gasteiger partial charge is 0.119 e. The zero-order chi connectivity index (χ0) is 12.8. The zero-order valence-electron chi connectivity index (χ0n) is 11.5. The minimum absolute atomic E-state index is 0.217. The minimum Gasteiger partial charge on any atom is -0.497 e. The van der Waals surface area contributed by atoms with Crippen LogP contribution in [-0.4, -0.2) is 25.6 Å². The Morgan fingerprint density at radius 2 is 2.11 bits per heavy atom. The molecule has 96 valence electrons. The monoisotopic (exact) mass is 243 g/mol. The summed E-state index contributed by atoms with van der Waals surface area (Å²) in [4.78, 5) is 2.32. The molecule has 0 radical (unpaired) electrons. The third-order valence-corrected chi connectivity index (χ3v) is 4.62. The molecule has 3 rings (SSSR count). The number of ether oxygens (including phenoxy) is 1. The molecule has 0 bridgehead atoms. The molecule has 1 aromatic rings. The number of benzene rings is 1. The molecule has 1 heterocycles. The van der Waals surface area contributed by atoms with Crippen molar-refractivity contribution in [2.45, 2.75) is 31.6 Å². The predicted molar refractivity (Wildman–Crippen MR) is 74.0 cm³/mol. The van der Waals surface area contributed by atoms with Crippen molar-refractivity contribution in [2.75, 3.05) is 20.7 Å². The Balaban J connectivity index is 2.13. The van der Waals surface area contributed by atoms with Gasteiger partial charge < -0.3 is 9.64 Å². The van der Waals surface area contributed by atoms with Gasteiger partial charge in [-0.25, -0.2) is 0 Å². The highest BCUT2D eigenvalue weighted by Gasteiger charge is 2.38. The number of hydrogen-bond acceptors (Lipinski definition) is 2. The summed E-state index contributed by atoms with van der Waals surface area (Å²) in [6, 6.07) is 6.58. The lowest BCUT2D eigenvalue weighted by Crippen LogP contribution is -2.38. The van der Waals surface area contributed by atoms with E-state index in [0.717, 1.165) is 18.7 Å². The van der Waals surface area contributed by atoms with Crippen molar-refractivity contribution in [2.24, 2.45) is 0 Å². The largest absolute Gasteiger partial charge is 0.497 e. The van der Waals surface area contributed by atoms with E-state index in [2.05, 4.69) is 43.3 Å². The summed E-state index contributed by atoms with van der Waals surface area (Å²) in [7, 11) is 3.92. The minimum atomic E-state index is 0.217. The Labute approximate surface area is 109 Å². The first-order valence-corrected chi connectivity index (χ1v) is 6.72. The topological polar surface area (TPSA) is 12.5 Å². The van der Waals surface area contributed by atoms with Crippen molar-refractivity contribution in [3.05, 3.63) is 41.1 Å². The third kappa shape index (κ3) is 1.63. The van der Waals surface area contributed by atoms with Crippen molar-refractivity contribution in [3.63, 3.8) is 0 Å². The molecule has 2 nitrogen and oxygen atoms in total. The van der Waals surface area contributed by atoms with Gasteiger partial charge in [-0.15, -0.1) is 0 Å². The molecule has 0 saturated carbocycles. The summed E-state index contributed by atoms with van der Waals surface area (Å²) in [5.74, 6) is 0.982. The number of rotatable bonds is 1. The molecule has 0 aromatic heterocycles. The number of aryl methyl sites for hydroxylation is 1. The molecule has 2 heteroatoms. The van der Waals surface area contributed by atoms with Crippen LogP contribution < -0.4 is 4.74 Å². The molecule has 1 aliphatic heterocycles. The van der Waals surface area contributed by atoms with Crippen LogP contribution in [0.3, 0.4) is 0 Å². The lowest BCUT2D eigenvalue weighted by atomic mass is 9.65. The van der Waals surface area contributed by atoms with Crippen LogP contribution in [-0.2, 0) is 11.8 Å². The van der Waals surface area contributed by atoms with Crippen LogP contribution >= 0.6 is 0 Å². The highest BCUT2D eigenvalue weighted by molar-refractivity contribution is 5.49. The highest BCUT2D eigenvalue weighted by Crippen LogP contribution is 2.46. The van der Waals surface area contributed by atoms with Crippen LogP contribution in [0.4, 0.5) is 0 Å². The quantitative estimate of drug-likeness (QED) is 0.751. The standard InChI is InChI=1S/C16H21NO/c1-16-8-9-17(2)11-13(16)6-4-12-5-7-14(18-3)10-15(12)16/h5,7,10-11H,4,6,8-9H2,1-3H3. The van der Waals surface area contributed by atoms with Gasteiger partial charge in [0, 0.05) is 19.0 Å². The Bertz CT molecular complexity index is 506. The Hall–Kier alpha value is -1.44. The van der Waals surface area contributed by atoms with Gasteiger partial charge in [0.1, 0.15) is 5.75 Å². The van der Waals surface area contributed by atoms with E-state index in [-0.39, 0.29) is 5.41 Å². The zero-order valence-corrected chi connectivity index (χ0v) is 11.5. The number of hydrogen-bond donors (Lipinski definition) is 0. The first-order valence-electron chi connectivity index (χ1n) is 6.72. The second-order valence-electron chi connectivity index (χ2n) is 5.74. The van der Waals surface area contributed by atoms with E-state index in [1.807, 2.05) is 0 Å². The fraction of sp³-hybridized carbons (Fsp3) is 0.500. The fourth-order valence-electron chi connectivity index (χ4n) is 3.37. The average Bonchev–Trinajstić information content (AvgIpc) is 2.39. The number of nitrogens with zero attached hydrogens (tertiary/aromatic N) is 1. The maximum atomic E-state index is 5.40. The van der Waals surface area contributed by atoms with Gasteiger partial charge in [0.05, 0.1) is 7.11 Å². The van der Waals surface area contributed by atoms with Crippen molar-refractivity contribution in [1.82, 2.24) is 4.90 Å². The maximum Gasteiger partial charge on any atom is 0.119 e. The Morgan fingerprint density at radius 3 is 2.89 bits per heavy atom. The molecule has 2 aliphatic rings. The number of fused-ring (bicyclic) bond motifs is 3. The summed E-state index contributed by atoms with van der Waals surface area (Å²) in [5, 5.41) is 0. The van der Waals surface area contributed by atoms with Crippen molar-refractivity contribution >= 4 is 0 Å². The average molecular weight is 243 g/mol. The summed E-state index contributed by atoms with van der Waals surface area (Å²) >= 11 is 0. The Kier molecular flexibility index (Phi) is 2.61. The van der Waals surface area contributed by atoms with Crippen molar-refractivity contribution in [3.8, 4) is 5.75 Å². The SMILES string of the molecule is COc1ccc2c(c1)C1(C)CCN(C)C=C1CC2. The summed E-state index contributed by atoms with van der Waals surface area (Å²) < 4.78 is 5.40. The molecule has 0 fully saturated rings. The molecule has 0 spiro atoms. The third-order valence-electron chi connectivity index (χ3n) is 4.62. The van der Waals surface area contributed by atoms with Crippen LogP contribution in [0.5, 0.6) is 5.75 Å². The predicted octanol–water partition coefficient (Wildman–Crippen LogP) is 3.12. The van der Waals surface area contributed by atoms with E-state index in [1.165, 1.54) is 24.0 Å². The van der Waals surface area contributed by atoms with Crippen molar-refractivity contribution in [1.29, 1.82) is 0 Å². The normalized spacial score (nSPS) is 26.2. The lowest BCUT2D eigenvalue weighted by molar-refractivity contribution is 0.323. The van der Waals surface area contributed by atoms with Gasteiger partial charge in [-0.05, 0) is 54.3 Å². The van der Waals surface area contributed by atoms with Gasteiger partial charge in [-0.3, -0.25) is 0 Å². The molecular weight excluding hydrogens is 222 g/mol. The van der Waals surface area contributed by atoms with Crippen LogP contribution in [0, 0.1) is 0 Å². The summed E-state index contributed by atoms with van der Waals surface area (Å²) in [5.41, 5.74) is 4.78. The first kappa shape index (κ1) is 11.6. The molecule has 1 atom stereocenters. The number of methoxy groups -OCH3 is 1. The van der Waals surface area contributed by atoms with Crippen LogP contribution in [0.15, 0.2) is 30.0 Å². The van der Waals surface area contributed by atoms with E-state index in [0.29, 0.717) is 0 Å². The second kappa shape index (κ2) is 4.04. The first-order chi connectivity index (χ1) is 8.63. The van der Waals surface area contributed by atoms with Crippen molar-refractivity contribution < 1.29 is 4.74 Å². The van der Waals surface area contributed by atoms with Crippen LogP contribution in [0.25, 0.3) is 0 Å². The molecule has 18 heavy (non-hydrogen) atoms. The van der Waals surface area contributed by atoms with Gasteiger partial charge >= 0.3 is 0 Å². The van der Waals surface area contributed by atoms with Gasteiger partial charge in [0.2, 0.25) is 0 Å². The van der Waals surface area contributed by atoms with Crippen LogP contribution in [0.2, 0.25) is 0 Å². The molecule has 0 amide bonds. The second-order valence-corrected chi connectivity index (χ2v) is 5.74. The lowest BCUT2D eigenvalue weighted by Gasteiger charge is -2.43. The van der Waals surface area contributed by atoms with E-state index >= 15 is 0 Å². The van der Waals surface area contributed by atoms with Gasteiger partial charge in [-0.2, -0.15) is 0 Å². The van der Waals surface area contributed by atoms with E-state index in [1.54, 1.807) is 12.7 Å². The molecule has 0 saturated heterocycles. The molecule has 1 aliphatic carbocycles. The highest BCUT2D eigenvalue weighted by atomic mass is 16.5. The van der Waals surface area contributed by atoms with Crippen LogP contribution in [0.1, 0.15) is 30.9 Å². The van der Waals surface area contributed by atoms with E-state index < -0.39 is 0 Å². The summed E-state index contributed by atoms with van der Waals surface area (Å²) in [6.45, 7) is 3.53. The Morgan fingerprint density at radius 1 is 1.28 bits per heavy atom. The molecule has 0 N–H and O–H groups in total. The van der Waals surface area contributed by atoms with Gasteiger partial charge in [0.15, 0.2) is 0 Å². The van der Waals surface area contributed by atoms with Gasteiger partial charge in [-0.1, -0.05) is 13.0 Å². The summed E-state index contributed by atoms with van der Waals surface area (Å²) in [6.07, 6.45) is 5.91. The van der Waals surface area contributed by atoms with E-state index in [9.17, 15) is 0 Å². The van der Waals surface area contributed by atoms with Gasteiger partial charge in [0.25, 0.3) is 0 Å². The maximum absolute atomic E-state index is 5.40. The van der Waals surface area contributed by atoms with E-state index in [4.69, 9.17) is 4.74 Å². The molecule has 1 unspecified atom stereocenters.